The van der Waals surface area contributed by atoms with Crippen molar-refractivity contribution in [1.29, 1.82) is 0 Å². The van der Waals surface area contributed by atoms with Crippen molar-refractivity contribution in [2.75, 3.05) is 33.9 Å². The van der Waals surface area contributed by atoms with Gasteiger partial charge < -0.3 is 29.7 Å². The lowest BCUT2D eigenvalue weighted by Gasteiger charge is -2.32. The van der Waals surface area contributed by atoms with Gasteiger partial charge in [-0.25, -0.2) is 9.79 Å². The van der Waals surface area contributed by atoms with Gasteiger partial charge in [0.25, 0.3) is 0 Å². The van der Waals surface area contributed by atoms with Gasteiger partial charge in [0.15, 0.2) is 17.5 Å². The van der Waals surface area contributed by atoms with Gasteiger partial charge in [-0.1, -0.05) is 12.1 Å². The lowest BCUT2D eigenvalue weighted by molar-refractivity contribution is 0.111. The van der Waals surface area contributed by atoms with E-state index in [1.54, 1.807) is 12.0 Å². The van der Waals surface area contributed by atoms with Gasteiger partial charge in [0.1, 0.15) is 0 Å². The lowest BCUT2D eigenvalue weighted by atomic mass is 10.1. The number of amides is 1. The summed E-state index contributed by atoms with van der Waals surface area (Å²) in [6.45, 7) is 4.68. The maximum atomic E-state index is 11.7. The monoisotopic (exact) mass is 432 g/mol. The number of guanidine groups is 1. The first-order chi connectivity index (χ1) is 15.1. The second-order valence-electron chi connectivity index (χ2n) is 8.04. The third-order valence-corrected chi connectivity index (χ3v) is 5.89. The smallest absolute Gasteiger partial charge is 0.409 e. The van der Waals surface area contributed by atoms with Gasteiger partial charge in [-0.2, -0.15) is 0 Å². The largest absolute Gasteiger partial charge is 0.493 e. The van der Waals surface area contributed by atoms with Crippen LogP contribution in [-0.4, -0.2) is 63.0 Å². The number of carbonyl (C=O) groups is 1. The summed E-state index contributed by atoms with van der Waals surface area (Å²) in [5, 5.41) is 6.84. The van der Waals surface area contributed by atoms with E-state index < -0.39 is 0 Å². The standard InChI is InChI=1S/C23H36N4O4/c1-4-24-22(26-18-12-14-27(15-13-18)23(28)30-3)25-16-17-8-7-11-20(29-2)21(17)31-19-9-5-6-10-19/h7-8,11,18-19H,4-6,9-10,12-16H2,1-3H3,(H2,24,25,26). The fourth-order valence-corrected chi connectivity index (χ4v) is 4.17. The SMILES string of the molecule is CCNC(=NCc1cccc(OC)c1OC1CCCC1)NC1CCN(C(=O)OC)CC1. The molecule has 31 heavy (non-hydrogen) atoms. The van der Waals surface area contributed by atoms with Crippen LogP contribution < -0.4 is 20.1 Å². The molecule has 172 valence electrons. The summed E-state index contributed by atoms with van der Waals surface area (Å²) in [5.74, 6) is 2.34. The molecule has 0 radical (unpaired) electrons. The molecule has 1 amide bonds. The molecular formula is C23H36N4O4. The summed E-state index contributed by atoms with van der Waals surface area (Å²) < 4.78 is 16.7. The number of hydrogen-bond acceptors (Lipinski definition) is 5. The number of nitrogens with zero attached hydrogens (tertiary/aromatic N) is 2. The first-order valence-electron chi connectivity index (χ1n) is 11.3. The van der Waals surface area contributed by atoms with Crippen molar-refractivity contribution in [2.45, 2.75) is 64.1 Å². The maximum Gasteiger partial charge on any atom is 0.409 e. The fourth-order valence-electron chi connectivity index (χ4n) is 4.17. The number of hydrogen-bond donors (Lipinski definition) is 2. The summed E-state index contributed by atoms with van der Waals surface area (Å²) >= 11 is 0. The molecule has 3 rings (SSSR count). The van der Waals surface area contributed by atoms with Gasteiger partial charge in [0.2, 0.25) is 0 Å². The Morgan fingerprint density at radius 2 is 1.90 bits per heavy atom. The molecule has 1 saturated heterocycles. The van der Waals surface area contributed by atoms with Crippen molar-refractivity contribution in [3.63, 3.8) is 0 Å². The molecule has 0 spiro atoms. The Bertz CT molecular complexity index is 741. The molecule has 1 heterocycles. The van der Waals surface area contributed by atoms with Crippen molar-refractivity contribution in [3.8, 4) is 11.5 Å². The number of likely N-dealkylation sites (tertiary alicyclic amines) is 1. The van der Waals surface area contributed by atoms with Crippen LogP contribution in [0, 0.1) is 0 Å². The molecule has 0 bridgehead atoms. The number of para-hydroxylation sites is 1. The number of aliphatic imine (C=N–C) groups is 1. The molecule has 1 aliphatic carbocycles. The van der Waals surface area contributed by atoms with Crippen molar-refractivity contribution in [3.05, 3.63) is 23.8 Å². The summed E-state index contributed by atoms with van der Waals surface area (Å²) in [6, 6.07) is 6.23. The summed E-state index contributed by atoms with van der Waals surface area (Å²) in [5.41, 5.74) is 1.02. The first-order valence-corrected chi connectivity index (χ1v) is 11.3. The number of rotatable bonds is 7. The highest BCUT2D eigenvalue weighted by molar-refractivity contribution is 5.80. The van der Waals surface area contributed by atoms with E-state index in [0.717, 1.165) is 55.3 Å². The van der Waals surface area contributed by atoms with Crippen LogP contribution in [-0.2, 0) is 11.3 Å². The number of benzene rings is 1. The van der Waals surface area contributed by atoms with E-state index in [-0.39, 0.29) is 18.2 Å². The molecule has 1 aromatic rings. The van der Waals surface area contributed by atoms with Crippen LogP contribution in [0.1, 0.15) is 51.0 Å². The third-order valence-electron chi connectivity index (χ3n) is 5.89. The predicted molar refractivity (Wildman–Crippen MR) is 121 cm³/mol. The quantitative estimate of drug-likeness (QED) is 0.508. The van der Waals surface area contributed by atoms with Crippen LogP contribution in [0.3, 0.4) is 0 Å². The van der Waals surface area contributed by atoms with Crippen LogP contribution in [0.15, 0.2) is 23.2 Å². The molecule has 0 aromatic heterocycles. The van der Waals surface area contributed by atoms with E-state index in [9.17, 15) is 4.79 Å². The number of piperidine rings is 1. The van der Waals surface area contributed by atoms with E-state index in [2.05, 4.69) is 23.6 Å². The van der Waals surface area contributed by atoms with Gasteiger partial charge in [0, 0.05) is 31.2 Å². The highest BCUT2D eigenvalue weighted by Gasteiger charge is 2.24. The van der Waals surface area contributed by atoms with Gasteiger partial charge in [-0.3, -0.25) is 0 Å². The normalized spacial score (nSPS) is 18.0. The van der Waals surface area contributed by atoms with Crippen LogP contribution in [0.4, 0.5) is 4.79 Å². The second kappa shape index (κ2) is 11.7. The van der Waals surface area contributed by atoms with Crippen LogP contribution in [0.2, 0.25) is 0 Å². The summed E-state index contributed by atoms with van der Waals surface area (Å²) in [7, 11) is 3.10. The Labute approximate surface area is 185 Å². The van der Waals surface area contributed by atoms with E-state index >= 15 is 0 Å². The zero-order valence-corrected chi connectivity index (χ0v) is 19.0. The average Bonchev–Trinajstić information content (AvgIpc) is 3.31. The van der Waals surface area contributed by atoms with E-state index in [1.807, 2.05) is 12.1 Å². The fraction of sp³-hybridized carbons (Fsp3) is 0.652. The zero-order valence-electron chi connectivity index (χ0n) is 19.0. The van der Waals surface area contributed by atoms with Crippen molar-refractivity contribution in [2.24, 2.45) is 4.99 Å². The molecule has 1 saturated carbocycles. The third kappa shape index (κ3) is 6.42. The minimum absolute atomic E-state index is 0.255. The number of nitrogens with one attached hydrogen (secondary N) is 2. The number of carbonyl (C=O) groups excluding carboxylic acids is 1. The Morgan fingerprint density at radius 3 is 2.55 bits per heavy atom. The van der Waals surface area contributed by atoms with Gasteiger partial charge >= 0.3 is 6.09 Å². The van der Waals surface area contributed by atoms with Crippen LogP contribution >= 0.6 is 0 Å². The molecular weight excluding hydrogens is 396 g/mol. The maximum absolute atomic E-state index is 11.7. The Kier molecular flexibility index (Phi) is 8.67. The second-order valence-corrected chi connectivity index (χ2v) is 8.04. The molecule has 2 aliphatic rings. The van der Waals surface area contributed by atoms with E-state index in [4.69, 9.17) is 19.2 Å². The molecule has 1 aromatic carbocycles. The highest BCUT2D eigenvalue weighted by Crippen LogP contribution is 2.35. The topological polar surface area (TPSA) is 84.4 Å². The van der Waals surface area contributed by atoms with Crippen LogP contribution in [0.5, 0.6) is 11.5 Å². The van der Waals surface area contributed by atoms with Crippen molar-refractivity contribution in [1.82, 2.24) is 15.5 Å². The molecule has 0 unspecified atom stereocenters. The Hall–Kier alpha value is -2.64. The first kappa shape index (κ1) is 23.0. The number of methoxy groups -OCH3 is 2. The Morgan fingerprint density at radius 1 is 1.16 bits per heavy atom. The van der Waals surface area contributed by atoms with Crippen LogP contribution in [0.25, 0.3) is 0 Å². The molecule has 2 fully saturated rings. The van der Waals surface area contributed by atoms with E-state index in [1.165, 1.54) is 20.0 Å². The minimum atomic E-state index is -0.258. The summed E-state index contributed by atoms with van der Waals surface area (Å²) in [4.78, 5) is 18.2. The Balaban J connectivity index is 1.65. The molecule has 8 heteroatoms. The average molecular weight is 433 g/mol. The van der Waals surface area contributed by atoms with Gasteiger partial charge in [-0.15, -0.1) is 0 Å². The molecule has 8 nitrogen and oxygen atoms in total. The van der Waals surface area contributed by atoms with Crippen molar-refractivity contribution >= 4 is 12.1 Å². The molecule has 0 atom stereocenters. The highest BCUT2D eigenvalue weighted by atomic mass is 16.5. The molecule has 2 N–H and O–H groups in total. The zero-order chi connectivity index (χ0) is 22.1. The van der Waals surface area contributed by atoms with Gasteiger partial charge in [0.05, 0.1) is 26.9 Å². The van der Waals surface area contributed by atoms with Gasteiger partial charge in [-0.05, 0) is 51.5 Å². The van der Waals surface area contributed by atoms with E-state index in [0.29, 0.717) is 19.6 Å². The predicted octanol–water partition coefficient (Wildman–Crippen LogP) is 3.30. The number of ether oxygens (including phenoxy) is 3. The van der Waals surface area contributed by atoms with Crippen molar-refractivity contribution < 1.29 is 19.0 Å². The lowest BCUT2D eigenvalue weighted by Crippen LogP contribution is -2.49. The molecule has 1 aliphatic heterocycles. The summed E-state index contributed by atoms with van der Waals surface area (Å²) in [6.07, 6.45) is 6.33. The minimum Gasteiger partial charge on any atom is -0.493 e.